The fourth-order valence-electron chi connectivity index (χ4n) is 1.89. The van der Waals surface area contributed by atoms with Crippen molar-refractivity contribution >= 4 is 0 Å². The lowest BCUT2D eigenvalue weighted by atomic mass is 9.81. The Morgan fingerprint density at radius 2 is 2.54 bits per heavy atom. The van der Waals surface area contributed by atoms with E-state index in [9.17, 15) is 5.11 Å². The van der Waals surface area contributed by atoms with Crippen molar-refractivity contribution in [1.29, 1.82) is 0 Å². The predicted octanol–water partition coefficient (Wildman–Crippen LogP) is 0.305. The number of nitrogens with one attached hydrogen (secondary N) is 1. The molecule has 3 nitrogen and oxygen atoms in total. The van der Waals surface area contributed by atoms with Crippen LogP contribution in [-0.2, 0) is 5.41 Å². The van der Waals surface area contributed by atoms with Crippen molar-refractivity contribution in [2.45, 2.75) is 11.8 Å². The molecule has 1 atom stereocenters. The standard InChI is InChI=1S/C10H14N2O/c13-8-10(3-5-12-7-10)9-2-1-4-11-6-9/h1-2,4,6,12-13H,3,5,7-8H2. The van der Waals surface area contributed by atoms with Gasteiger partial charge in [-0.3, -0.25) is 4.98 Å². The summed E-state index contributed by atoms with van der Waals surface area (Å²) in [5, 5.41) is 12.7. The maximum atomic E-state index is 9.40. The minimum Gasteiger partial charge on any atom is -0.395 e. The Morgan fingerprint density at radius 3 is 3.08 bits per heavy atom. The summed E-state index contributed by atoms with van der Waals surface area (Å²) in [5.41, 5.74) is 1.05. The van der Waals surface area contributed by atoms with Crippen molar-refractivity contribution in [3.63, 3.8) is 0 Å². The summed E-state index contributed by atoms with van der Waals surface area (Å²) < 4.78 is 0. The first kappa shape index (κ1) is 8.66. The van der Waals surface area contributed by atoms with Crippen LogP contribution in [0.2, 0.25) is 0 Å². The second-order valence-corrected chi connectivity index (χ2v) is 3.61. The molecule has 1 aliphatic rings. The summed E-state index contributed by atoms with van der Waals surface area (Å²) in [6.45, 7) is 2.04. The van der Waals surface area contributed by atoms with Gasteiger partial charge in [-0.1, -0.05) is 6.07 Å². The van der Waals surface area contributed by atoms with Gasteiger partial charge in [-0.15, -0.1) is 0 Å². The molecule has 0 amide bonds. The molecule has 0 aliphatic carbocycles. The van der Waals surface area contributed by atoms with Crippen LogP contribution in [0.25, 0.3) is 0 Å². The molecule has 3 heteroatoms. The third-order valence-corrected chi connectivity index (χ3v) is 2.82. The monoisotopic (exact) mass is 178 g/mol. The third-order valence-electron chi connectivity index (χ3n) is 2.82. The fraction of sp³-hybridized carbons (Fsp3) is 0.500. The number of aliphatic hydroxyl groups excluding tert-OH is 1. The first-order valence-electron chi connectivity index (χ1n) is 4.59. The van der Waals surface area contributed by atoms with Crippen LogP contribution in [0, 0.1) is 0 Å². The van der Waals surface area contributed by atoms with E-state index in [1.165, 1.54) is 0 Å². The quantitative estimate of drug-likeness (QED) is 0.685. The highest BCUT2D eigenvalue weighted by Crippen LogP contribution is 2.29. The van der Waals surface area contributed by atoms with Gasteiger partial charge in [0.2, 0.25) is 0 Å². The zero-order valence-corrected chi connectivity index (χ0v) is 7.53. The van der Waals surface area contributed by atoms with Crippen LogP contribution in [0.1, 0.15) is 12.0 Å². The highest BCUT2D eigenvalue weighted by atomic mass is 16.3. The van der Waals surface area contributed by atoms with E-state index in [-0.39, 0.29) is 12.0 Å². The van der Waals surface area contributed by atoms with Crippen molar-refractivity contribution < 1.29 is 5.11 Å². The number of hydrogen-bond acceptors (Lipinski definition) is 3. The normalized spacial score (nSPS) is 27.8. The summed E-state index contributed by atoms with van der Waals surface area (Å²) in [6, 6.07) is 3.96. The van der Waals surface area contributed by atoms with Crippen LogP contribution < -0.4 is 5.32 Å². The molecule has 0 radical (unpaired) electrons. The molecule has 0 saturated carbocycles. The molecule has 13 heavy (non-hydrogen) atoms. The van der Waals surface area contributed by atoms with E-state index in [4.69, 9.17) is 0 Å². The van der Waals surface area contributed by atoms with Gasteiger partial charge >= 0.3 is 0 Å². The maximum absolute atomic E-state index is 9.40. The van der Waals surface area contributed by atoms with E-state index in [2.05, 4.69) is 10.3 Å². The first-order chi connectivity index (χ1) is 6.37. The van der Waals surface area contributed by atoms with Gasteiger partial charge < -0.3 is 10.4 Å². The van der Waals surface area contributed by atoms with Crippen LogP contribution in [0.4, 0.5) is 0 Å². The lowest BCUT2D eigenvalue weighted by Crippen LogP contribution is -2.33. The van der Waals surface area contributed by atoms with Gasteiger partial charge in [0.15, 0.2) is 0 Å². The number of aromatic nitrogens is 1. The van der Waals surface area contributed by atoms with Gasteiger partial charge in [0.05, 0.1) is 6.61 Å². The van der Waals surface area contributed by atoms with Crippen molar-refractivity contribution in [3.05, 3.63) is 30.1 Å². The van der Waals surface area contributed by atoms with Gasteiger partial charge in [0, 0.05) is 24.4 Å². The smallest absolute Gasteiger partial charge is 0.0541 e. The summed E-state index contributed by atoms with van der Waals surface area (Å²) in [5.74, 6) is 0. The van der Waals surface area contributed by atoms with E-state index < -0.39 is 0 Å². The molecule has 1 unspecified atom stereocenters. The number of aliphatic hydroxyl groups is 1. The minimum absolute atomic E-state index is 0.0890. The molecule has 2 heterocycles. The van der Waals surface area contributed by atoms with Gasteiger partial charge in [-0.25, -0.2) is 0 Å². The Bertz CT molecular complexity index is 268. The Kier molecular flexibility index (Phi) is 2.29. The Labute approximate surface area is 77.8 Å². The summed E-state index contributed by atoms with van der Waals surface area (Å²) in [6.07, 6.45) is 4.61. The lowest BCUT2D eigenvalue weighted by molar-refractivity contribution is 0.205. The zero-order valence-electron chi connectivity index (χ0n) is 7.53. The fourth-order valence-corrected chi connectivity index (χ4v) is 1.89. The first-order valence-corrected chi connectivity index (χ1v) is 4.59. The van der Waals surface area contributed by atoms with Crippen LogP contribution >= 0.6 is 0 Å². The van der Waals surface area contributed by atoms with Gasteiger partial charge in [-0.2, -0.15) is 0 Å². The molecule has 1 saturated heterocycles. The average molecular weight is 178 g/mol. The summed E-state index contributed by atoms with van der Waals surface area (Å²) in [7, 11) is 0. The van der Waals surface area contributed by atoms with Crippen molar-refractivity contribution in [2.75, 3.05) is 19.7 Å². The Hall–Kier alpha value is -0.930. The number of pyridine rings is 1. The summed E-state index contributed by atoms with van der Waals surface area (Å²) in [4.78, 5) is 4.08. The SMILES string of the molecule is OCC1(c2cccnc2)CCNC1. The van der Waals surface area contributed by atoms with Crippen molar-refractivity contribution in [3.8, 4) is 0 Å². The molecule has 1 fully saturated rings. The molecule has 0 aromatic carbocycles. The van der Waals surface area contributed by atoms with Crippen LogP contribution in [0.5, 0.6) is 0 Å². The van der Waals surface area contributed by atoms with E-state index in [1.807, 2.05) is 18.3 Å². The molecule has 70 valence electrons. The van der Waals surface area contributed by atoms with Crippen LogP contribution in [-0.4, -0.2) is 29.8 Å². The Balaban J connectivity index is 2.31. The molecule has 1 aliphatic heterocycles. The largest absolute Gasteiger partial charge is 0.395 e. The van der Waals surface area contributed by atoms with Crippen LogP contribution in [0.15, 0.2) is 24.5 Å². The van der Waals surface area contributed by atoms with Gasteiger partial charge in [-0.05, 0) is 24.6 Å². The lowest BCUT2D eigenvalue weighted by Gasteiger charge is -2.25. The molecule has 2 N–H and O–H groups in total. The van der Waals surface area contributed by atoms with E-state index in [1.54, 1.807) is 6.20 Å². The third kappa shape index (κ3) is 1.45. The molecule has 0 bridgehead atoms. The average Bonchev–Trinajstić information content (AvgIpc) is 2.69. The summed E-state index contributed by atoms with van der Waals surface area (Å²) >= 11 is 0. The van der Waals surface area contributed by atoms with Crippen molar-refractivity contribution in [1.82, 2.24) is 10.3 Å². The molecular formula is C10H14N2O. The molecule has 1 aromatic heterocycles. The predicted molar refractivity (Wildman–Crippen MR) is 50.5 cm³/mol. The molecule has 1 aromatic rings. The molecule has 2 rings (SSSR count). The topological polar surface area (TPSA) is 45.2 Å². The maximum Gasteiger partial charge on any atom is 0.0541 e. The molecule has 0 spiro atoms. The highest BCUT2D eigenvalue weighted by Gasteiger charge is 2.34. The van der Waals surface area contributed by atoms with E-state index >= 15 is 0 Å². The van der Waals surface area contributed by atoms with Gasteiger partial charge in [0.25, 0.3) is 0 Å². The number of nitrogens with zero attached hydrogens (tertiary/aromatic N) is 1. The van der Waals surface area contributed by atoms with E-state index in [0.717, 1.165) is 25.1 Å². The minimum atomic E-state index is -0.0890. The second-order valence-electron chi connectivity index (χ2n) is 3.61. The number of hydrogen-bond donors (Lipinski definition) is 2. The van der Waals surface area contributed by atoms with Crippen molar-refractivity contribution in [2.24, 2.45) is 0 Å². The second kappa shape index (κ2) is 3.44. The molecular weight excluding hydrogens is 164 g/mol. The van der Waals surface area contributed by atoms with Gasteiger partial charge in [0.1, 0.15) is 0 Å². The van der Waals surface area contributed by atoms with Crippen LogP contribution in [0.3, 0.4) is 0 Å². The Morgan fingerprint density at radius 1 is 1.62 bits per heavy atom. The highest BCUT2D eigenvalue weighted by molar-refractivity contribution is 5.24. The zero-order chi connectivity index (χ0) is 9.15. The van der Waals surface area contributed by atoms with E-state index in [0.29, 0.717) is 0 Å². The number of rotatable bonds is 2.